The Morgan fingerprint density at radius 2 is 1.89 bits per heavy atom. The van der Waals surface area contributed by atoms with Gasteiger partial charge >= 0.3 is 0 Å². The van der Waals surface area contributed by atoms with Gasteiger partial charge in [-0.3, -0.25) is 14.6 Å². The molecule has 0 unspecified atom stereocenters. The topological polar surface area (TPSA) is 167 Å². The number of aromatic amines is 1. The van der Waals surface area contributed by atoms with Crippen LogP contribution in [0.15, 0.2) is 41.6 Å². The van der Waals surface area contributed by atoms with E-state index in [-0.39, 0.29) is 16.8 Å². The van der Waals surface area contributed by atoms with Crippen LogP contribution in [0.4, 0.5) is 11.5 Å². The first kappa shape index (κ1) is 16.7. The van der Waals surface area contributed by atoms with Crippen molar-refractivity contribution in [3.8, 4) is 21.0 Å². The molecule has 0 fully saturated rings. The molecule has 0 spiro atoms. The second-order valence-corrected chi connectivity index (χ2v) is 6.76. The second kappa shape index (κ2) is 6.18. The number of fused-ring (bicyclic) bond motifs is 1. The number of carbonyl (C=O) groups excluding carboxylic acids is 1. The number of hydrogen-bond donors (Lipinski definition) is 4. The molecule has 0 saturated heterocycles. The third kappa shape index (κ3) is 2.87. The van der Waals surface area contributed by atoms with E-state index < -0.39 is 11.5 Å². The minimum Gasteiger partial charge on any atom is -0.396 e. The number of amides is 1. The standard InChI is InChI=1S/C17H13N7O2S/c18-11-2-1-7(4-21-11)10-6-23-17(27-10)12-13(19)14-9(24-16(12)26)3-8(5-22-14)15(20)25/h1-6H,(H2,18,21)(H2,20,25)(H3,19,24,26). The van der Waals surface area contributed by atoms with Gasteiger partial charge in [0, 0.05) is 24.2 Å². The third-order valence-electron chi connectivity index (χ3n) is 3.96. The second-order valence-electron chi connectivity index (χ2n) is 5.73. The van der Waals surface area contributed by atoms with Gasteiger partial charge in [0.25, 0.3) is 5.56 Å². The number of primary amides is 1. The Kier molecular flexibility index (Phi) is 3.81. The minimum atomic E-state index is -0.644. The summed E-state index contributed by atoms with van der Waals surface area (Å²) in [6.45, 7) is 0. The van der Waals surface area contributed by atoms with E-state index in [0.29, 0.717) is 21.9 Å². The molecule has 0 radical (unpaired) electrons. The lowest BCUT2D eigenvalue weighted by molar-refractivity contribution is 0.1000. The number of nitrogens with one attached hydrogen (secondary N) is 1. The lowest BCUT2D eigenvalue weighted by Crippen LogP contribution is -2.15. The molecular formula is C17H13N7O2S. The maximum Gasteiger partial charge on any atom is 0.260 e. The van der Waals surface area contributed by atoms with Gasteiger partial charge in [-0.25, -0.2) is 9.97 Å². The SMILES string of the molecule is NC(=O)c1cnc2c(N)c(-c3ncc(-c4ccc(N)nc4)s3)c(=O)[nH]c2c1. The number of carbonyl (C=O) groups is 1. The molecule has 0 aliphatic rings. The van der Waals surface area contributed by atoms with Gasteiger partial charge in [-0.05, 0) is 18.2 Å². The maximum absolute atomic E-state index is 12.6. The molecule has 1 amide bonds. The molecule has 0 atom stereocenters. The Hall–Kier alpha value is -3.79. The average molecular weight is 379 g/mol. The summed E-state index contributed by atoms with van der Waals surface area (Å²) in [6.07, 6.45) is 4.59. The molecule has 10 heteroatoms. The van der Waals surface area contributed by atoms with Crippen molar-refractivity contribution < 1.29 is 4.79 Å². The van der Waals surface area contributed by atoms with Crippen molar-refractivity contribution >= 4 is 39.8 Å². The van der Waals surface area contributed by atoms with E-state index in [9.17, 15) is 9.59 Å². The van der Waals surface area contributed by atoms with Gasteiger partial charge in [-0.1, -0.05) is 0 Å². The summed E-state index contributed by atoms with van der Waals surface area (Å²) >= 11 is 1.30. The lowest BCUT2D eigenvalue weighted by Gasteiger charge is -2.06. The fourth-order valence-electron chi connectivity index (χ4n) is 2.62. The summed E-state index contributed by atoms with van der Waals surface area (Å²) in [4.78, 5) is 39.9. The van der Waals surface area contributed by atoms with E-state index in [1.165, 1.54) is 23.6 Å². The summed E-state index contributed by atoms with van der Waals surface area (Å²) in [5, 5.41) is 0.447. The number of pyridine rings is 3. The quantitative estimate of drug-likeness (QED) is 0.417. The summed E-state index contributed by atoms with van der Waals surface area (Å²) < 4.78 is 0. The molecular weight excluding hydrogens is 366 g/mol. The lowest BCUT2D eigenvalue weighted by atomic mass is 10.1. The van der Waals surface area contributed by atoms with Crippen LogP contribution in [-0.4, -0.2) is 25.8 Å². The van der Waals surface area contributed by atoms with Crippen LogP contribution in [-0.2, 0) is 0 Å². The number of aromatic nitrogens is 4. The zero-order valence-electron chi connectivity index (χ0n) is 13.8. The zero-order chi connectivity index (χ0) is 19.1. The van der Waals surface area contributed by atoms with Gasteiger partial charge in [0.05, 0.1) is 21.6 Å². The van der Waals surface area contributed by atoms with Crippen molar-refractivity contribution in [3.63, 3.8) is 0 Å². The molecule has 4 aromatic rings. The van der Waals surface area contributed by atoms with Crippen LogP contribution in [0.25, 0.3) is 32.0 Å². The summed E-state index contributed by atoms with van der Waals surface area (Å²) in [5.74, 6) is -0.227. The molecule has 0 aliphatic heterocycles. The number of thiazole rings is 1. The molecule has 0 aliphatic carbocycles. The van der Waals surface area contributed by atoms with Crippen LogP contribution >= 0.6 is 11.3 Å². The van der Waals surface area contributed by atoms with Gasteiger partial charge in [-0.15, -0.1) is 11.3 Å². The predicted octanol–water partition coefficient (Wildman–Crippen LogP) is 1.37. The summed E-state index contributed by atoms with van der Waals surface area (Å²) in [5.41, 5.74) is 18.7. The van der Waals surface area contributed by atoms with Crippen molar-refractivity contribution in [1.82, 2.24) is 19.9 Å². The molecule has 134 valence electrons. The van der Waals surface area contributed by atoms with Crippen molar-refractivity contribution in [2.45, 2.75) is 0 Å². The molecule has 0 saturated carbocycles. The van der Waals surface area contributed by atoms with Crippen LogP contribution in [0.3, 0.4) is 0 Å². The molecule has 4 heterocycles. The number of H-pyrrole nitrogens is 1. The van der Waals surface area contributed by atoms with Crippen LogP contribution in [0.1, 0.15) is 10.4 Å². The molecule has 9 nitrogen and oxygen atoms in total. The summed E-state index contributed by atoms with van der Waals surface area (Å²) in [6, 6.07) is 4.95. The van der Waals surface area contributed by atoms with Crippen molar-refractivity contribution in [2.75, 3.05) is 11.5 Å². The predicted molar refractivity (Wildman–Crippen MR) is 104 cm³/mol. The number of nitrogens with zero attached hydrogens (tertiary/aromatic N) is 3. The number of nitrogens with two attached hydrogens (primary N) is 3. The molecule has 0 bridgehead atoms. The van der Waals surface area contributed by atoms with Crippen molar-refractivity contribution in [1.29, 1.82) is 0 Å². The fraction of sp³-hybridized carbons (Fsp3) is 0. The largest absolute Gasteiger partial charge is 0.396 e. The Morgan fingerprint density at radius 1 is 1.07 bits per heavy atom. The van der Waals surface area contributed by atoms with E-state index in [1.54, 1.807) is 18.5 Å². The van der Waals surface area contributed by atoms with Gasteiger partial charge in [0.2, 0.25) is 5.91 Å². The van der Waals surface area contributed by atoms with E-state index in [4.69, 9.17) is 17.2 Å². The van der Waals surface area contributed by atoms with Gasteiger partial charge in [0.1, 0.15) is 21.9 Å². The van der Waals surface area contributed by atoms with Crippen LogP contribution in [0, 0.1) is 0 Å². The number of anilines is 2. The highest BCUT2D eigenvalue weighted by atomic mass is 32.1. The van der Waals surface area contributed by atoms with Gasteiger partial charge in [-0.2, -0.15) is 0 Å². The average Bonchev–Trinajstić information content (AvgIpc) is 3.11. The third-order valence-corrected chi connectivity index (χ3v) is 5.03. The van der Waals surface area contributed by atoms with Crippen LogP contribution in [0.2, 0.25) is 0 Å². The molecule has 4 rings (SSSR count). The number of nitrogen functional groups attached to an aromatic ring is 2. The molecule has 27 heavy (non-hydrogen) atoms. The minimum absolute atomic E-state index is 0.178. The highest BCUT2D eigenvalue weighted by Crippen LogP contribution is 2.34. The van der Waals surface area contributed by atoms with E-state index >= 15 is 0 Å². The van der Waals surface area contributed by atoms with Crippen molar-refractivity contribution in [3.05, 3.63) is 52.7 Å². The highest BCUT2D eigenvalue weighted by molar-refractivity contribution is 7.18. The Balaban J connectivity index is 1.84. The zero-order valence-corrected chi connectivity index (χ0v) is 14.6. The first-order valence-electron chi connectivity index (χ1n) is 7.73. The Bertz CT molecular complexity index is 1240. The van der Waals surface area contributed by atoms with Crippen LogP contribution < -0.4 is 22.8 Å². The van der Waals surface area contributed by atoms with Gasteiger partial charge < -0.3 is 22.2 Å². The molecule has 7 N–H and O–H groups in total. The van der Waals surface area contributed by atoms with E-state index in [0.717, 1.165) is 10.4 Å². The molecule has 4 aromatic heterocycles. The van der Waals surface area contributed by atoms with Crippen molar-refractivity contribution in [2.24, 2.45) is 5.73 Å². The number of hydrogen-bond acceptors (Lipinski definition) is 8. The first-order valence-corrected chi connectivity index (χ1v) is 8.55. The van der Waals surface area contributed by atoms with Gasteiger partial charge in [0.15, 0.2) is 0 Å². The number of rotatable bonds is 3. The maximum atomic E-state index is 12.6. The highest BCUT2D eigenvalue weighted by Gasteiger charge is 2.18. The first-order chi connectivity index (χ1) is 12.9. The van der Waals surface area contributed by atoms with E-state index in [1.807, 2.05) is 6.07 Å². The fourth-order valence-corrected chi connectivity index (χ4v) is 3.58. The van der Waals surface area contributed by atoms with E-state index in [2.05, 4.69) is 19.9 Å². The normalized spacial score (nSPS) is 11.0. The Labute approximate surface area is 155 Å². The Morgan fingerprint density at radius 3 is 2.59 bits per heavy atom. The smallest absolute Gasteiger partial charge is 0.260 e. The summed E-state index contributed by atoms with van der Waals surface area (Å²) in [7, 11) is 0. The molecule has 0 aromatic carbocycles. The van der Waals surface area contributed by atoms with Crippen LogP contribution in [0.5, 0.6) is 0 Å². The monoisotopic (exact) mass is 379 g/mol.